The zero-order chi connectivity index (χ0) is 22.3. The normalized spacial score (nSPS) is 14.1. The quantitative estimate of drug-likeness (QED) is 0.450. The number of aryl methyl sites for hydroxylation is 1. The number of aromatic nitrogens is 3. The lowest BCUT2D eigenvalue weighted by Gasteiger charge is -2.18. The Hall–Kier alpha value is -3.13. The first-order valence-corrected chi connectivity index (χ1v) is 10.6. The van der Waals surface area contributed by atoms with E-state index in [1.54, 1.807) is 36.7 Å². The zero-order valence-corrected chi connectivity index (χ0v) is 18.4. The Bertz CT molecular complexity index is 1130. The number of anilines is 2. The molecular formula is C23H29N5O3. The van der Waals surface area contributed by atoms with Crippen molar-refractivity contribution >= 4 is 28.2 Å². The number of amides is 1. The average molecular weight is 424 g/mol. The minimum Gasteiger partial charge on any atom is -0.618 e. The highest BCUT2D eigenvalue weighted by molar-refractivity contribution is 6.05. The number of hydrogen-bond acceptors (Lipinski definition) is 5. The fourth-order valence-electron chi connectivity index (χ4n) is 3.63. The summed E-state index contributed by atoms with van der Waals surface area (Å²) < 4.78 is 2.56. The third-order valence-corrected chi connectivity index (χ3v) is 5.55. The summed E-state index contributed by atoms with van der Waals surface area (Å²) in [5.41, 5.74) is 2.19. The summed E-state index contributed by atoms with van der Waals surface area (Å²) in [6.45, 7) is 4.13. The molecule has 4 rings (SSSR count). The van der Waals surface area contributed by atoms with Crippen molar-refractivity contribution in [3.63, 3.8) is 0 Å². The van der Waals surface area contributed by atoms with Crippen LogP contribution in [0.25, 0.3) is 10.9 Å². The predicted molar refractivity (Wildman–Crippen MR) is 120 cm³/mol. The van der Waals surface area contributed by atoms with Crippen LogP contribution in [0.4, 0.5) is 11.4 Å². The van der Waals surface area contributed by atoms with E-state index in [9.17, 15) is 15.1 Å². The molecule has 2 N–H and O–H groups in total. The van der Waals surface area contributed by atoms with Crippen LogP contribution in [0.5, 0.6) is 0 Å². The number of pyridine rings is 1. The molecule has 1 aromatic carbocycles. The van der Waals surface area contributed by atoms with E-state index in [-0.39, 0.29) is 11.6 Å². The maximum atomic E-state index is 13.0. The van der Waals surface area contributed by atoms with Gasteiger partial charge in [-0.1, -0.05) is 0 Å². The lowest BCUT2D eigenvalue weighted by molar-refractivity contribution is -0.616. The first-order valence-electron chi connectivity index (χ1n) is 10.6. The number of benzene rings is 1. The first-order chi connectivity index (χ1) is 14.6. The highest BCUT2D eigenvalue weighted by atomic mass is 16.5. The van der Waals surface area contributed by atoms with E-state index in [1.165, 1.54) is 0 Å². The van der Waals surface area contributed by atoms with Gasteiger partial charge in [-0.25, -0.2) is 0 Å². The summed E-state index contributed by atoms with van der Waals surface area (Å²) in [6, 6.07) is 8.89. The van der Waals surface area contributed by atoms with E-state index in [0.29, 0.717) is 24.3 Å². The third-order valence-electron chi connectivity index (χ3n) is 5.55. The van der Waals surface area contributed by atoms with E-state index >= 15 is 0 Å². The van der Waals surface area contributed by atoms with Gasteiger partial charge in [-0.15, -0.1) is 0 Å². The SMILES string of the molecule is CN(C)c1cc2nn(CCC(C)(C)O)cc2cc1NC(=O)c1cccc(C2CC2)[n+]1[O-]. The first kappa shape index (κ1) is 21.1. The Morgan fingerprint density at radius 2 is 2.10 bits per heavy atom. The van der Waals surface area contributed by atoms with Crippen LogP contribution in [0.1, 0.15) is 55.2 Å². The highest BCUT2D eigenvalue weighted by Gasteiger charge is 2.32. The summed E-state index contributed by atoms with van der Waals surface area (Å²) in [6.07, 6.45) is 4.46. The molecule has 164 valence electrons. The Morgan fingerprint density at radius 1 is 1.35 bits per heavy atom. The number of rotatable bonds is 7. The molecule has 0 spiro atoms. The second-order valence-electron chi connectivity index (χ2n) is 9.14. The molecule has 8 heteroatoms. The van der Waals surface area contributed by atoms with Gasteiger partial charge in [0.25, 0.3) is 5.69 Å². The maximum absolute atomic E-state index is 13.0. The van der Waals surface area contributed by atoms with Crippen molar-refractivity contribution in [1.29, 1.82) is 0 Å². The zero-order valence-electron chi connectivity index (χ0n) is 18.4. The molecule has 1 aliphatic carbocycles. The second kappa shape index (κ2) is 7.85. The van der Waals surface area contributed by atoms with Crippen molar-refractivity contribution < 1.29 is 14.6 Å². The third kappa shape index (κ3) is 4.64. The molecule has 1 fully saturated rings. The summed E-state index contributed by atoms with van der Waals surface area (Å²) in [4.78, 5) is 14.9. The lowest BCUT2D eigenvalue weighted by Crippen LogP contribution is -2.40. The van der Waals surface area contributed by atoms with E-state index in [2.05, 4.69) is 10.4 Å². The van der Waals surface area contributed by atoms with Gasteiger partial charge in [-0.05, 0) is 51.3 Å². The van der Waals surface area contributed by atoms with E-state index < -0.39 is 11.5 Å². The molecule has 2 heterocycles. The minimum absolute atomic E-state index is 0.0927. The lowest BCUT2D eigenvalue weighted by atomic mass is 10.1. The minimum atomic E-state index is -0.769. The van der Waals surface area contributed by atoms with Gasteiger partial charge >= 0.3 is 5.91 Å². The molecule has 0 saturated heterocycles. The Kier molecular flexibility index (Phi) is 5.35. The number of hydrogen-bond donors (Lipinski definition) is 2. The Balaban J connectivity index is 1.64. The molecule has 3 aromatic rings. The highest BCUT2D eigenvalue weighted by Crippen LogP contribution is 2.38. The van der Waals surface area contributed by atoms with Crippen LogP contribution in [0.15, 0.2) is 36.5 Å². The number of carbonyl (C=O) groups excluding carboxylic acids is 1. The van der Waals surface area contributed by atoms with E-state index in [1.807, 2.05) is 37.3 Å². The van der Waals surface area contributed by atoms with Crippen LogP contribution in [-0.4, -0.2) is 40.5 Å². The summed E-state index contributed by atoms with van der Waals surface area (Å²) in [5, 5.41) is 31.1. The number of nitrogens with one attached hydrogen (secondary N) is 1. The molecule has 0 radical (unpaired) electrons. The van der Waals surface area contributed by atoms with Gasteiger partial charge in [0.2, 0.25) is 0 Å². The number of carbonyl (C=O) groups is 1. The summed E-state index contributed by atoms with van der Waals surface area (Å²) >= 11 is 0. The van der Waals surface area contributed by atoms with Crippen molar-refractivity contribution in [1.82, 2.24) is 9.78 Å². The smallest absolute Gasteiger partial charge is 0.321 e. The molecule has 1 saturated carbocycles. The van der Waals surface area contributed by atoms with Crippen LogP contribution < -0.4 is 14.9 Å². The molecule has 1 aliphatic rings. The molecule has 8 nitrogen and oxygen atoms in total. The molecule has 0 atom stereocenters. The van der Waals surface area contributed by atoms with Crippen LogP contribution in [0.2, 0.25) is 0 Å². The number of nitrogens with zero attached hydrogens (tertiary/aromatic N) is 4. The largest absolute Gasteiger partial charge is 0.618 e. The molecule has 31 heavy (non-hydrogen) atoms. The Labute approximate surface area is 181 Å². The van der Waals surface area contributed by atoms with Gasteiger partial charge in [-0.2, -0.15) is 9.83 Å². The average Bonchev–Trinajstić information content (AvgIpc) is 3.44. The molecule has 0 unspecified atom stereocenters. The van der Waals surface area contributed by atoms with Gasteiger partial charge in [0.1, 0.15) is 0 Å². The predicted octanol–water partition coefficient (Wildman–Crippen LogP) is 3.03. The van der Waals surface area contributed by atoms with Crippen LogP contribution in [0.3, 0.4) is 0 Å². The molecule has 0 aliphatic heterocycles. The fourth-order valence-corrected chi connectivity index (χ4v) is 3.63. The van der Waals surface area contributed by atoms with Crippen molar-refractivity contribution in [3.05, 3.63) is 53.1 Å². The number of aliphatic hydroxyl groups is 1. The molecular weight excluding hydrogens is 394 g/mol. The van der Waals surface area contributed by atoms with Crippen LogP contribution >= 0.6 is 0 Å². The number of fused-ring (bicyclic) bond motifs is 1. The van der Waals surface area contributed by atoms with Gasteiger partial charge < -0.3 is 20.5 Å². The van der Waals surface area contributed by atoms with Crippen molar-refractivity contribution in [2.75, 3.05) is 24.3 Å². The van der Waals surface area contributed by atoms with E-state index in [4.69, 9.17) is 0 Å². The molecule has 1 amide bonds. The summed E-state index contributed by atoms with van der Waals surface area (Å²) in [5.74, 6) is -0.178. The molecule has 2 aromatic heterocycles. The van der Waals surface area contributed by atoms with E-state index in [0.717, 1.165) is 34.2 Å². The van der Waals surface area contributed by atoms with Gasteiger partial charge in [0.15, 0.2) is 5.69 Å². The van der Waals surface area contributed by atoms with Crippen molar-refractivity contribution in [3.8, 4) is 0 Å². The van der Waals surface area contributed by atoms with Crippen molar-refractivity contribution in [2.45, 2.75) is 51.2 Å². The monoisotopic (exact) mass is 423 g/mol. The maximum Gasteiger partial charge on any atom is 0.321 e. The van der Waals surface area contributed by atoms with Crippen LogP contribution in [-0.2, 0) is 6.54 Å². The van der Waals surface area contributed by atoms with Gasteiger partial charge in [0.05, 0.1) is 22.5 Å². The Morgan fingerprint density at radius 3 is 2.74 bits per heavy atom. The summed E-state index contributed by atoms with van der Waals surface area (Å²) in [7, 11) is 3.78. The topological polar surface area (TPSA) is 97.3 Å². The van der Waals surface area contributed by atoms with Gasteiger partial charge in [-0.3, -0.25) is 9.48 Å². The van der Waals surface area contributed by atoms with Crippen molar-refractivity contribution in [2.24, 2.45) is 0 Å². The van der Waals surface area contributed by atoms with Crippen LogP contribution in [0, 0.1) is 5.21 Å². The fraction of sp³-hybridized carbons (Fsp3) is 0.435. The standard InChI is InChI=1S/C23H29N5O3/c1-23(2,30)10-11-27-14-16-12-18(21(26(3)4)13-17(16)25-27)24-22(29)20-7-5-6-19(28(20)31)15-8-9-15/h5-7,12-15,30H,8-11H2,1-4H3,(H,24,29). The second-order valence-corrected chi connectivity index (χ2v) is 9.14. The molecule has 0 bridgehead atoms. The van der Waals surface area contributed by atoms with Gasteiger partial charge in [0, 0.05) is 50.3 Å².